The van der Waals surface area contributed by atoms with Crippen molar-refractivity contribution in [1.29, 1.82) is 0 Å². The molecule has 1 aliphatic carbocycles. The van der Waals surface area contributed by atoms with E-state index in [1.807, 2.05) is 6.08 Å². The Kier molecular flexibility index (Phi) is 4.03. The highest BCUT2D eigenvalue weighted by molar-refractivity contribution is 4.97. The molecule has 11 heavy (non-hydrogen) atoms. The minimum Gasteiger partial charge on any atom is -0.0991 e. The van der Waals surface area contributed by atoms with Crippen LogP contribution in [0, 0.1) is 5.92 Å². The lowest BCUT2D eigenvalue weighted by atomic mass is 10.0. The average Bonchev–Trinajstić information content (AvgIpc) is 2.50. The second kappa shape index (κ2) is 5.17. The van der Waals surface area contributed by atoms with Crippen molar-refractivity contribution in [2.75, 3.05) is 0 Å². The van der Waals surface area contributed by atoms with Crippen LogP contribution in [0.25, 0.3) is 0 Å². The summed E-state index contributed by atoms with van der Waals surface area (Å²) in [6, 6.07) is 0. The van der Waals surface area contributed by atoms with Crippen molar-refractivity contribution in [1.82, 2.24) is 0 Å². The summed E-state index contributed by atoms with van der Waals surface area (Å²) in [6.45, 7) is 3.64. The second-order valence-electron chi connectivity index (χ2n) is 3.39. The molecule has 0 amide bonds. The largest absolute Gasteiger partial charge is 0.0991 e. The smallest absolute Gasteiger partial charge is 0.0345 e. The van der Waals surface area contributed by atoms with Gasteiger partial charge in [0, 0.05) is 0 Å². The molecule has 0 aromatic heterocycles. The fraction of sp³-hybridized carbons (Fsp3) is 0.636. The van der Waals surface area contributed by atoms with E-state index in [9.17, 15) is 0 Å². The monoisotopic (exact) mass is 150 g/mol. The standard InChI is InChI=1S/C11H18/c1-2-3-4-5-8-11-9-6-7-10-11/h2-4,11H,1,5-10H2. The molecule has 0 heterocycles. The van der Waals surface area contributed by atoms with Crippen LogP contribution in [0.15, 0.2) is 24.8 Å². The van der Waals surface area contributed by atoms with E-state index in [2.05, 4.69) is 18.7 Å². The predicted molar refractivity (Wildman–Crippen MR) is 50.5 cm³/mol. The van der Waals surface area contributed by atoms with Crippen LogP contribution < -0.4 is 0 Å². The highest BCUT2D eigenvalue weighted by Gasteiger charge is 2.12. The molecule has 0 saturated heterocycles. The summed E-state index contributed by atoms with van der Waals surface area (Å²) in [4.78, 5) is 0. The highest BCUT2D eigenvalue weighted by atomic mass is 14.2. The van der Waals surface area contributed by atoms with Crippen LogP contribution in [0.4, 0.5) is 0 Å². The summed E-state index contributed by atoms with van der Waals surface area (Å²) in [5.41, 5.74) is 0. The molecule has 1 rings (SSSR count). The average molecular weight is 150 g/mol. The Morgan fingerprint density at radius 2 is 2.00 bits per heavy atom. The third-order valence-electron chi connectivity index (χ3n) is 2.49. The van der Waals surface area contributed by atoms with Gasteiger partial charge in [-0.25, -0.2) is 0 Å². The van der Waals surface area contributed by atoms with Crippen LogP contribution in [-0.4, -0.2) is 0 Å². The van der Waals surface area contributed by atoms with Crippen molar-refractivity contribution < 1.29 is 0 Å². The van der Waals surface area contributed by atoms with Gasteiger partial charge in [-0.05, 0) is 18.8 Å². The van der Waals surface area contributed by atoms with Crippen molar-refractivity contribution in [3.63, 3.8) is 0 Å². The van der Waals surface area contributed by atoms with Gasteiger partial charge in [-0.2, -0.15) is 0 Å². The van der Waals surface area contributed by atoms with Gasteiger partial charge in [0.1, 0.15) is 0 Å². The van der Waals surface area contributed by atoms with Crippen LogP contribution in [0.3, 0.4) is 0 Å². The maximum absolute atomic E-state index is 3.64. The maximum atomic E-state index is 3.64. The molecule has 0 heteroatoms. The van der Waals surface area contributed by atoms with Gasteiger partial charge in [0.2, 0.25) is 0 Å². The van der Waals surface area contributed by atoms with Crippen LogP contribution in [0.2, 0.25) is 0 Å². The van der Waals surface area contributed by atoms with Gasteiger partial charge in [-0.15, -0.1) is 0 Å². The number of hydrogen-bond acceptors (Lipinski definition) is 0. The van der Waals surface area contributed by atoms with E-state index < -0.39 is 0 Å². The number of hydrogen-bond donors (Lipinski definition) is 0. The Bertz CT molecular complexity index is 127. The SMILES string of the molecule is C=CC=CCCC1CCCC1. The summed E-state index contributed by atoms with van der Waals surface area (Å²) in [5, 5.41) is 0. The van der Waals surface area contributed by atoms with E-state index >= 15 is 0 Å². The lowest BCUT2D eigenvalue weighted by Crippen LogP contribution is -1.90. The Morgan fingerprint density at radius 3 is 2.64 bits per heavy atom. The van der Waals surface area contributed by atoms with Gasteiger partial charge in [0.25, 0.3) is 0 Å². The minimum absolute atomic E-state index is 1.03. The van der Waals surface area contributed by atoms with Crippen LogP contribution in [0.1, 0.15) is 38.5 Å². The van der Waals surface area contributed by atoms with Crippen LogP contribution >= 0.6 is 0 Å². The third kappa shape index (κ3) is 3.41. The molecular weight excluding hydrogens is 132 g/mol. The summed E-state index contributed by atoms with van der Waals surface area (Å²) >= 11 is 0. The van der Waals surface area contributed by atoms with Crippen molar-refractivity contribution in [3.05, 3.63) is 24.8 Å². The molecule has 1 fully saturated rings. The van der Waals surface area contributed by atoms with E-state index in [-0.39, 0.29) is 0 Å². The molecular formula is C11H18. The van der Waals surface area contributed by atoms with Crippen molar-refractivity contribution >= 4 is 0 Å². The van der Waals surface area contributed by atoms with Gasteiger partial charge < -0.3 is 0 Å². The second-order valence-corrected chi connectivity index (χ2v) is 3.39. The lowest BCUT2D eigenvalue weighted by molar-refractivity contribution is 0.509. The first-order valence-electron chi connectivity index (χ1n) is 4.71. The van der Waals surface area contributed by atoms with Crippen LogP contribution in [0.5, 0.6) is 0 Å². The minimum atomic E-state index is 1.03. The summed E-state index contributed by atoms with van der Waals surface area (Å²) < 4.78 is 0. The van der Waals surface area contributed by atoms with Gasteiger partial charge in [-0.3, -0.25) is 0 Å². The van der Waals surface area contributed by atoms with Gasteiger partial charge >= 0.3 is 0 Å². The normalized spacial score (nSPS) is 19.6. The van der Waals surface area contributed by atoms with Gasteiger partial charge in [-0.1, -0.05) is 50.5 Å². The fourth-order valence-electron chi connectivity index (χ4n) is 1.82. The summed E-state index contributed by atoms with van der Waals surface area (Å²) in [7, 11) is 0. The molecule has 0 aromatic carbocycles. The molecule has 0 bridgehead atoms. The molecule has 0 unspecified atom stereocenters. The first-order chi connectivity index (χ1) is 5.43. The zero-order valence-corrected chi connectivity index (χ0v) is 7.26. The zero-order valence-electron chi connectivity index (χ0n) is 7.26. The van der Waals surface area contributed by atoms with Crippen molar-refractivity contribution in [3.8, 4) is 0 Å². The Hall–Kier alpha value is -0.520. The molecule has 1 saturated carbocycles. The van der Waals surface area contributed by atoms with Crippen molar-refractivity contribution in [2.45, 2.75) is 38.5 Å². The molecule has 1 aliphatic rings. The van der Waals surface area contributed by atoms with E-state index in [1.54, 1.807) is 0 Å². The molecule has 0 radical (unpaired) electrons. The quantitative estimate of drug-likeness (QED) is 0.536. The topological polar surface area (TPSA) is 0 Å². The predicted octanol–water partition coefficient (Wildman–Crippen LogP) is 3.70. The Balaban J connectivity index is 2.01. The van der Waals surface area contributed by atoms with E-state index in [1.165, 1.54) is 38.5 Å². The zero-order chi connectivity index (χ0) is 7.94. The van der Waals surface area contributed by atoms with E-state index in [0.29, 0.717) is 0 Å². The molecule has 0 aliphatic heterocycles. The van der Waals surface area contributed by atoms with Crippen molar-refractivity contribution in [2.24, 2.45) is 5.92 Å². The number of rotatable bonds is 4. The molecule has 62 valence electrons. The Morgan fingerprint density at radius 1 is 1.27 bits per heavy atom. The highest BCUT2D eigenvalue weighted by Crippen LogP contribution is 2.28. The summed E-state index contributed by atoms with van der Waals surface area (Å²) in [6.07, 6.45) is 14.7. The van der Waals surface area contributed by atoms with E-state index in [0.717, 1.165) is 5.92 Å². The molecule has 0 nitrogen and oxygen atoms in total. The molecule has 0 atom stereocenters. The maximum Gasteiger partial charge on any atom is -0.0345 e. The molecule has 0 aromatic rings. The van der Waals surface area contributed by atoms with Crippen LogP contribution in [-0.2, 0) is 0 Å². The van der Waals surface area contributed by atoms with E-state index in [4.69, 9.17) is 0 Å². The first-order valence-corrected chi connectivity index (χ1v) is 4.71. The third-order valence-corrected chi connectivity index (χ3v) is 2.49. The molecule has 0 spiro atoms. The summed E-state index contributed by atoms with van der Waals surface area (Å²) in [5.74, 6) is 1.03. The Labute approximate surface area is 70.0 Å². The first kappa shape index (κ1) is 8.58. The van der Waals surface area contributed by atoms with Gasteiger partial charge in [0.15, 0.2) is 0 Å². The fourth-order valence-corrected chi connectivity index (χ4v) is 1.82. The number of allylic oxidation sites excluding steroid dienone is 3. The molecule has 0 N–H and O–H groups in total. The van der Waals surface area contributed by atoms with Gasteiger partial charge in [0.05, 0.1) is 0 Å². The lowest BCUT2D eigenvalue weighted by Gasteiger charge is -2.04.